The maximum absolute atomic E-state index is 12.7. The van der Waals surface area contributed by atoms with E-state index in [4.69, 9.17) is 17.3 Å². The van der Waals surface area contributed by atoms with Crippen LogP contribution in [0.1, 0.15) is 21.5 Å². The first-order valence-corrected chi connectivity index (χ1v) is 7.44. The highest BCUT2D eigenvalue weighted by Gasteiger charge is 2.21. The van der Waals surface area contributed by atoms with Crippen molar-refractivity contribution >= 4 is 23.2 Å². The number of anilines is 1. The Kier molecular flexibility index (Phi) is 3.84. The molecule has 0 saturated carbocycles. The lowest BCUT2D eigenvalue weighted by atomic mass is 10.0. The van der Waals surface area contributed by atoms with E-state index in [9.17, 15) is 4.79 Å². The van der Waals surface area contributed by atoms with Crippen LogP contribution in [0.2, 0.25) is 5.02 Å². The Labute approximate surface area is 129 Å². The highest BCUT2D eigenvalue weighted by atomic mass is 35.5. The summed E-state index contributed by atoms with van der Waals surface area (Å²) in [6.07, 6.45) is 1.75. The molecule has 0 saturated heterocycles. The first kappa shape index (κ1) is 14.0. The molecule has 0 spiro atoms. The van der Waals surface area contributed by atoms with Gasteiger partial charge < -0.3 is 10.6 Å². The van der Waals surface area contributed by atoms with Gasteiger partial charge in [0.15, 0.2) is 0 Å². The number of benzene rings is 2. The topological polar surface area (TPSA) is 46.3 Å². The fraction of sp³-hybridized carbons (Fsp3) is 0.235. The second-order valence-corrected chi connectivity index (χ2v) is 5.67. The molecule has 4 heteroatoms. The Morgan fingerprint density at radius 2 is 1.62 bits per heavy atom. The Hall–Kier alpha value is -2.00. The van der Waals surface area contributed by atoms with E-state index in [0.29, 0.717) is 29.4 Å². The molecular formula is C17H17ClN2O. The standard InChI is InChI=1S/C17H17ClN2O/c18-15-7-3-6-14(16(15)19)17(21)20-10-8-12-4-1-2-5-13(12)9-11-20/h1-7H,8-11,19H2. The Balaban J connectivity index is 1.83. The average molecular weight is 301 g/mol. The summed E-state index contributed by atoms with van der Waals surface area (Å²) in [4.78, 5) is 14.5. The van der Waals surface area contributed by atoms with E-state index in [2.05, 4.69) is 12.1 Å². The van der Waals surface area contributed by atoms with Crippen LogP contribution in [0, 0.1) is 0 Å². The number of amides is 1. The fourth-order valence-corrected chi connectivity index (χ4v) is 2.94. The third-order valence-corrected chi connectivity index (χ3v) is 4.32. The number of fused-ring (bicyclic) bond motifs is 1. The number of carbonyl (C=O) groups is 1. The molecule has 1 aliphatic rings. The zero-order valence-corrected chi connectivity index (χ0v) is 12.4. The van der Waals surface area contributed by atoms with Crippen molar-refractivity contribution in [3.8, 4) is 0 Å². The van der Waals surface area contributed by atoms with Crippen molar-refractivity contribution in [3.63, 3.8) is 0 Å². The molecule has 2 N–H and O–H groups in total. The number of carbonyl (C=O) groups excluding carboxylic acids is 1. The van der Waals surface area contributed by atoms with Gasteiger partial charge in [-0.25, -0.2) is 0 Å². The van der Waals surface area contributed by atoms with Gasteiger partial charge in [-0.05, 0) is 36.1 Å². The minimum atomic E-state index is -0.0391. The normalized spacial score (nSPS) is 14.4. The monoisotopic (exact) mass is 300 g/mol. The summed E-state index contributed by atoms with van der Waals surface area (Å²) in [5.74, 6) is -0.0391. The van der Waals surface area contributed by atoms with E-state index in [0.717, 1.165) is 12.8 Å². The minimum absolute atomic E-state index is 0.0391. The van der Waals surface area contributed by atoms with Gasteiger partial charge in [-0.1, -0.05) is 41.9 Å². The van der Waals surface area contributed by atoms with Crippen LogP contribution in [-0.4, -0.2) is 23.9 Å². The summed E-state index contributed by atoms with van der Waals surface area (Å²) in [5, 5.41) is 0.430. The Morgan fingerprint density at radius 3 is 2.24 bits per heavy atom. The van der Waals surface area contributed by atoms with Gasteiger partial charge in [-0.2, -0.15) is 0 Å². The van der Waals surface area contributed by atoms with Gasteiger partial charge in [0.05, 0.1) is 16.3 Å². The fourth-order valence-electron chi connectivity index (χ4n) is 2.76. The van der Waals surface area contributed by atoms with Crippen molar-refractivity contribution in [1.82, 2.24) is 4.90 Å². The number of rotatable bonds is 1. The molecule has 108 valence electrons. The summed E-state index contributed by atoms with van der Waals surface area (Å²) in [7, 11) is 0. The van der Waals surface area contributed by atoms with Crippen LogP contribution >= 0.6 is 11.6 Å². The number of nitrogens with zero attached hydrogens (tertiary/aromatic N) is 1. The second-order valence-electron chi connectivity index (χ2n) is 5.26. The zero-order chi connectivity index (χ0) is 14.8. The maximum atomic E-state index is 12.7. The van der Waals surface area contributed by atoms with Gasteiger partial charge in [0, 0.05) is 13.1 Å². The first-order valence-electron chi connectivity index (χ1n) is 7.07. The Bertz CT molecular complexity index is 657. The largest absolute Gasteiger partial charge is 0.397 e. The first-order chi connectivity index (χ1) is 10.2. The molecule has 1 heterocycles. The molecule has 3 nitrogen and oxygen atoms in total. The molecule has 1 aliphatic heterocycles. The zero-order valence-electron chi connectivity index (χ0n) is 11.7. The molecule has 0 fully saturated rings. The van der Waals surface area contributed by atoms with Crippen LogP contribution in [0.25, 0.3) is 0 Å². The molecule has 0 radical (unpaired) electrons. The van der Waals surface area contributed by atoms with Crippen molar-refractivity contribution < 1.29 is 4.79 Å². The van der Waals surface area contributed by atoms with Gasteiger partial charge in [-0.15, -0.1) is 0 Å². The quantitative estimate of drug-likeness (QED) is 0.822. The number of hydrogen-bond donors (Lipinski definition) is 1. The van der Waals surface area contributed by atoms with Gasteiger partial charge in [0.1, 0.15) is 0 Å². The molecule has 3 rings (SSSR count). The van der Waals surface area contributed by atoms with Crippen LogP contribution < -0.4 is 5.73 Å². The van der Waals surface area contributed by atoms with E-state index in [1.54, 1.807) is 18.2 Å². The highest BCUT2D eigenvalue weighted by molar-refractivity contribution is 6.33. The van der Waals surface area contributed by atoms with Gasteiger partial charge in [0.2, 0.25) is 0 Å². The van der Waals surface area contributed by atoms with Crippen molar-refractivity contribution in [3.05, 3.63) is 64.2 Å². The predicted octanol–water partition coefficient (Wildman–Crippen LogP) is 3.16. The van der Waals surface area contributed by atoms with Crippen molar-refractivity contribution in [2.75, 3.05) is 18.8 Å². The SMILES string of the molecule is Nc1c(Cl)cccc1C(=O)N1CCc2ccccc2CC1. The van der Waals surface area contributed by atoms with Crippen LogP contribution in [0.3, 0.4) is 0 Å². The second kappa shape index (κ2) is 5.78. The highest BCUT2D eigenvalue weighted by Crippen LogP contribution is 2.24. The number of nitrogen functional groups attached to an aromatic ring is 1. The molecular weight excluding hydrogens is 284 g/mol. The maximum Gasteiger partial charge on any atom is 0.256 e. The predicted molar refractivity (Wildman–Crippen MR) is 85.6 cm³/mol. The summed E-state index contributed by atoms with van der Waals surface area (Å²) in [6, 6.07) is 13.6. The van der Waals surface area contributed by atoms with Crippen molar-refractivity contribution in [2.45, 2.75) is 12.8 Å². The summed E-state index contributed by atoms with van der Waals surface area (Å²) < 4.78 is 0. The molecule has 0 unspecified atom stereocenters. The molecule has 21 heavy (non-hydrogen) atoms. The molecule has 2 aromatic carbocycles. The smallest absolute Gasteiger partial charge is 0.256 e. The summed E-state index contributed by atoms with van der Waals surface area (Å²) in [6.45, 7) is 1.42. The van der Waals surface area contributed by atoms with Gasteiger partial charge in [-0.3, -0.25) is 4.79 Å². The number of hydrogen-bond acceptors (Lipinski definition) is 2. The lowest BCUT2D eigenvalue weighted by Crippen LogP contribution is -2.33. The van der Waals surface area contributed by atoms with Gasteiger partial charge >= 0.3 is 0 Å². The lowest BCUT2D eigenvalue weighted by molar-refractivity contribution is 0.0764. The number of nitrogens with two attached hydrogens (primary N) is 1. The van der Waals surface area contributed by atoms with Crippen LogP contribution in [0.5, 0.6) is 0 Å². The molecule has 0 aliphatic carbocycles. The molecule has 0 aromatic heterocycles. The van der Waals surface area contributed by atoms with Gasteiger partial charge in [0.25, 0.3) is 5.91 Å². The van der Waals surface area contributed by atoms with Crippen LogP contribution in [0.15, 0.2) is 42.5 Å². The number of para-hydroxylation sites is 1. The minimum Gasteiger partial charge on any atom is -0.397 e. The number of halogens is 1. The van der Waals surface area contributed by atoms with E-state index in [1.165, 1.54) is 11.1 Å². The molecule has 1 amide bonds. The third-order valence-electron chi connectivity index (χ3n) is 3.99. The third kappa shape index (κ3) is 2.74. The average Bonchev–Trinajstić information content (AvgIpc) is 2.72. The van der Waals surface area contributed by atoms with E-state index < -0.39 is 0 Å². The van der Waals surface area contributed by atoms with E-state index >= 15 is 0 Å². The molecule has 0 atom stereocenters. The Morgan fingerprint density at radius 1 is 1.00 bits per heavy atom. The van der Waals surface area contributed by atoms with E-state index in [-0.39, 0.29) is 5.91 Å². The lowest BCUT2D eigenvalue weighted by Gasteiger charge is -2.21. The van der Waals surface area contributed by atoms with Crippen molar-refractivity contribution in [2.24, 2.45) is 0 Å². The molecule has 2 aromatic rings. The van der Waals surface area contributed by atoms with Crippen molar-refractivity contribution in [1.29, 1.82) is 0 Å². The van der Waals surface area contributed by atoms with Crippen LogP contribution in [-0.2, 0) is 12.8 Å². The molecule has 0 bridgehead atoms. The van der Waals surface area contributed by atoms with Crippen LogP contribution in [0.4, 0.5) is 5.69 Å². The summed E-state index contributed by atoms with van der Waals surface area (Å²) >= 11 is 6.01. The van der Waals surface area contributed by atoms with E-state index in [1.807, 2.05) is 17.0 Å². The summed E-state index contributed by atoms with van der Waals surface area (Å²) in [5.41, 5.74) is 9.45.